The molecular formula is C21H40O3. The third-order valence-corrected chi connectivity index (χ3v) is 5.98. The maximum Gasteiger partial charge on any atom is 0.332 e. The van der Waals surface area contributed by atoms with Gasteiger partial charge in [0, 0.05) is 0 Å². The summed E-state index contributed by atoms with van der Waals surface area (Å²) in [7, 11) is 0. The lowest BCUT2D eigenvalue weighted by Gasteiger charge is -2.20. The molecule has 24 heavy (non-hydrogen) atoms. The van der Waals surface area contributed by atoms with Crippen molar-refractivity contribution in [1.29, 1.82) is 0 Å². The number of aliphatic hydroxyl groups excluding tert-OH is 1. The summed E-state index contributed by atoms with van der Waals surface area (Å²) in [5.41, 5.74) is 0. The van der Waals surface area contributed by atoms with Gasteiger partial charge in [-0.05, 0) is 24.2 Å². The first-order valence-corrected chi connectivity index (χ1v) is 10.5. The summed E-state index contributed by atoms with van der Waals surface area (Å²) in [6, 6.07) is 0. The molecule has 2 N–H and O–H groups in total. The van der Waals surface area contributed by atoms with Crippen LogP contribution in [0.2, 0.25) is 0 Å². The highest BCUT2D eigenvalue weighted by Crippen LogP contribution is 2.38. The molecule has 0 aromatic rings. The molecule has 0 amide bonds. The molecule has 0 heterocycles. The third-order valence-electron chi connectivity index (χ3n) is 5.98. The third kappa shape index (κ3) is 9.05. The van der Waals surface area contributed by atoms with Crippen LogP contribution in [0.3, 0.4) is 0 Å². The number of carbonyl (C=O) groups is 1. The summed E-state index contributed by atoms with van der Waals surface area (Å²) in [6.07, 6.45) is 16.2. The second-order valence-electron chi connectivity index (χ2n) is 8.12. The summed E-state index contributed by atoms with van der Waals surface area (Å²) in [5.74, 6) is 1.65. The lowest BCUT2D eigenvalue weighted by molar-refractivity contribution is -0.146. The van der Waals surface area contributed by atoms with Gasteiger partial charge in [0.05, 0.1) is 0 Å². The maximum atomic E-state index is 10.6. The molecule has 1 fully saturated rings. The molecule has 0 aromatic carbocycles. The highest BCUT2D eigenvalue weighted by Gasteiger charge is 2.26. The Morgan fingerprint density at radius 2 is 1.58 bits per heavy atom. The molecule has 142 valence electrons. The minimum Gasteiger partial charge on any atom is -0.479 e. The van der Waals surface area contributed by atoms with Crippen LogP contribution >= 0.6 is 0 Å². The number of unbranched alkanes of at least 4 members (excludes halogenated alkanes) is 3. The molecule has 1 saturated carbocycles. The van der Waals surface area contributed by atoms with Gasteiger partial charge < -0.3 is 10.2 Å². The summed E-state index contributed by atoms with van der Waals surface area (Å²) >= 11 is 0. The molecule has 0 bridgehead atoms. The molecule has 1 unspecified atom stereocenters. The van der Waals surface area contributed by atoms with E-state index in [1.54, 1.807) is 0 Å². The smallest absolute Gasteiger partial charge is 0.332 e. The predicted octanol–water partition coefficient (Wildman–Crippen LogP) is 5.80. The van der Waals surface area contributed by atoms with Gasteiger partial charge in [-0.25, -0.2) is 4.79 Å². The van der Waals surface area contributed by atoms with E-state index < -0.39 is 12.1 Å². The average molecular weight is 341 g/mol. The zero-order valence-corrected chi connectivity index (χ0v) is 16.0. The van der Waals surface area contributed by atoms with Crippen molar-refractivity contribution >= 4 is 5.97 Å². The van der Waals surface area contributed by atoms with Gasteiger partial charge in [-0.3, -0.25) is 0 Å². The van der Waals surface area contributed by atoms with Crippen molar-refractivity contribution < 1.29 is 15.0 Å². The SMILES string of the molecule is CCCC[C@H](C)CCC[C@H]1CCC[C@@H]1CCCCCC(O)C(=O)O. The first-order chi connectivity index (χ1) is 11.5. The zero-order valence-electron chi connectivity index (χ0n) is 16.0. The molecular weight excluding hydrogens is 300 g/mol. The fourth-order valence-electron chi connectivity index (χ4n) is 4.34. The molecule has 1 aliphatic carbocycles. The predicted molar refractivity (Wildman–Crippen MR) is 100 cm³/mol. The monoisotopic (exact) mass is 340 g/mol. The standard InChI is InChI=1S/C21H40O3/c1-3-4-10-17(2)11-8-13-19-15-9-14-18(19)12-6-5-7-16-20(22)21(23)24/h17-20,22H,3-16H2,1-2H3,(H,23,24)/t17-,18-,19-,20?/m0/s1. The van der Waals surface area contributed by atoms with Gasteiger partial charge in [0.1, 0.15) is 0 Å². The highest BCUT2D eigenvalue weighted by molar-refractivity contribution is 5.71. The van der Waals surface area contributed by atoms with E-state index in [0.717, 1.165) is 30.6 Å². The van der Waals surface area contributed by atoms with Gasteiger partial charge in [-0.2, -0.15) is 0 Å². The Morgan fingerprint density at radius 3 is 2.21 bits per heavy atom. The Bertz CT molecular complexity index is 329. The van der Waals surface area contributed by atoms with Crippen molar-refractivity contribution in [3.8, 4) is 0 Å². The van der Waals surface area contributed by atoms with Crippen LogP contribution in [0, 0.1) is 17.8 Å². The van der Waals surface area contributed by atoms with Crippen LogP contribution in [0.1, 0.15) is 104 Å². The topological polar surface area (TPSA) is 57.5 Å². The number of aliphatic hydroxyl groups is 1. The molecule has 1 aliphatic rings. The second-order valence-corrected chi connectivity index (χ2v) is 8.12. The number of carboxylic acids is 1. The van der Waals surface area contributed by atoms with Crippen LogP contribution < -0.4 is 0 Å². The highest BCUT2D eigenvalue weighted by atomic mass is 16.4. The normalized spacial score (nSPS) is 23.3. The second kappa shape index (κ2) is 12.7. The average Bonchev–Trinajstić information content (AvgIpc) is 2.99. The summed E-state index contributed by atoms with van der Waals surface area (Å²) in [6.45, 7) is 4.69. The number of rotatable bonds is 14. The summed E-state index contributed by atoms with van der Waals surface area (Å²) in [5, 5.41) is 17.9. The lowest BCUT2D eigenvalue weighted by atomic mass is 9.85. The van der Waals surface area contributed by atoms with Crippen LogP contribution in [0.25, 0.3) is 0 Å². The van der Waals surface area contributed by atoms with Crippen molar-refractivity contribution in [2.24, 2.45) is 17.8 Å². The van der Waals surface area contributed by atoms with Crippen molar-refractivity contribution in [2.75, 3.05) is 0 Å². The fourth-order valence-corrected chi connectivity index (χ4v) is 4.34. The Hall–Kier alpha value is -0.570. The van der Waals surface area contributed by atoms with Crippen molar-refractivity contribution in [3.63, 3.8) is 0 Å². The first kappa shape index (κ1) is 21.5. The molecule has 0 saturated heterocycles. The van der Waals surface area contributed by atoms with Gasteiger partial charge >= 0.3 is 5.97 Å². The van der Waals surface area contributed by atoms with E-state index in [2.05, 4.69) is 13.8 Å². The van der Waals surface area contributed by atoms with Gasteiger partial charge in [0.2, 0.25) is 0 Å². The lowest BCUT2D eigenvalue weighted by Crippen LogP contribution is -2.18. The zero-order chi connectivity index (χ0) is 17.8. The van der Waals surface area contributed by atoms with Crippen molar-refractivity contribution in [3.05, 3.63) is 0 Å². The van der Waals surface area contributed by atoms with Crippen LogP contribution in [-0.2, 0) is 4.79 Å². The van der Waals surface area contributed by atoms with Crippen LogP contribution in [0.15, 0.2) is 0 Å². The van der Waals surface area contributed by atoms with Crippen molar-refractivity contribution in [1.82, 2.24) is 0 Å². The van der Waals surface area contributed by atoms with Gasteiger partial charge in [0.25, 0.3) is 0 Å². The van der Waals surface area contributed by atoms with Gasteiger partial charge in [0.15, 0.2) is 6.10 Å². The van der Waals surface area contributed by atoms with E-state index in [4.69, 9.17) is 5.11 Å². The summed E-state index contributed by atoms with van der Waals surface area (Å²) in [4.78, 5) is 10.6. The molecule has 1 rings (SSSR count). The number of carboxylic acid groups (broad SMARTS) is 1. The number of aliphatic carboxylic acids is 1. The largest absolute Gasteiger partial charge is 0.479 e. The van der Waals surface area contributed by atoms with E-state index in [9.17, 15) is 9.90 Å². The van der Waals surface area contributed by atoms with Gasteiger partial charge in [-0.15, -0.1) is 0 Å². The fraction of sp³-hybridized carbons (Fsp3) is 0.952. The molecule has 4 atom stereocenters. The van der Waals surface area contributed by atoms with E-state index >= 15 is 0 Å². The van der Waals surface area contributed by atoms with E-state index in [0.29, 0.717) is 6.42 Å². The molecule has 0 spiro atoms. The maximum absolute atomic E-state index is 10.6. The molecule has 0 aromatic heterocycles. The Kier molecular flexibility index (Phi) is 11.4. The number of hydrogen-bond acceptors (Lipinski definition) is 2. The van der Waals surface area contributed by atoms with E-state index in [1.807, 2.05) is 0 Å². The summed E-state index contributed by atoms with van der Waals surface area (Å²) < 4.78 is 0. The van der Waals surface area contributed by atoms with Crippen LogP contribution in [0.5, 0.6) is 0 Å². The molecule has 0 aliphatic heterocycles. The van der Waals surface area contributed by atoms with Crippen LogP contribution in [-0.4, -0.2) is 22.3 Å². The minimum absolute atomic E-state index is 0.402. The first-order valence-electron chi connectivity index (χ1n) is 10.5. The molecule has 3 heteroatoms. The minimum atomic E-state index is -1.17. The quantitative estimate of drug-likeness (QED) is 0.393. The Labute approximate surface area is 149 Å². The Morgan fingerprint density at radius 1 is 0.958 bits per heavy atom. The van der Waals surface area contributed by atoms with Crippen LogP contribution in [0.4, 0.5) is 0 Å². The van der Waals surface area contributed by atoms with Crippen molar-refractivity contribution in [2.45, 2.75) is 110 Å². The Balaban J connectivity index is 2.09. The number of hydrogen-bond donors (Lipinski definition) is 2. The van der Waals surface area contributed by atoms with E-state index in [1.165, 1.54) is 70.6 Å². The van der Waals surface area contributed by atoms with E-state index in [-0.39, 0.29) is 0 Å². The van der Waals surface area contributed by atoms with Gasteiger partial charge in [-0.1, -0.05) is 97.3 Å². The molecule has 0 radical (unpaired) electrons. The molecule has 3 nitrogen and oxygen atoms in total.